The van der Waals surface area contributed by atoms with Crippen LogP contribution in [0.4, 0.5) is 11.6 Å². The number of para-hydroxylation sites is 1. The fourth-order valence-corrected chi connectivity index (χ4v) is 2.76. The first kappa shape index (κ1) is 17.2. The Kier molecular flexibility index (Phi) is 5.14. The number of benzene rings is 1. The number of carbonyl (C=O) groups is 2. The van der Waals surface area contributed by atoms with E-state index in [4.69, 9.17) is 11.6 Å². The minimum Gasteiger partial charge on any atom is -0.339 e. The van der Waals surface area contributed by atoms with Gasteiger partial charge in [-0.2, -0.15) is 0 Å². The maximum Gasteiger partial charge on any atom is 0.258 e. The lowest BCUT2D eigenvalue weighted by molar-refractivity contribution is -0.129. The molecule has 0 unspecified atom stereocenters. The Morgan fingerprint density at radius 3 is 2.32 bits per heavy atom. The van der Waals surface area contributed by atoms with Gasteiger partial charge in [0.2, 0.25) is 11.9 Å². The third-order valence-corrected chi connectivity index (χ3v) is 4.36. The number of halogens is 1. The van der Waals surface area contributed by atoms with Gasteiger partial charge < -0.3 is 15.1 Å². The van der Waals surface area contributed by atoms with Crippen molar-refractivity contribution >= 4 is 35.1 Å². The second kappa shape index (κ2) is 7.48. The Morgan fingerprint density at radius 2 is 1.72 bits per heavy atom. The molecule has 1 aliphatic rings. The van der Waals surface area contributed by atoms with Crippen molar-refractivity contribution in [3.63, 3.8) is 0 Å². The van der Waals surface area contributed by atoms with Gasteiger partial charge in [-0.05, 0) is 12.1 Å². The SMILES string of the molecule is CC(=O)N1CCN(c2ncc(C(=O)Nc3ccccc3Cl)cn2)CC1. The van der Waals surface area contributed by atoms with Crippen molar-refractivity contribution < 1.29 is 9.59 Å². The summed E-state index contributed by atoms with van der Waals surface area (Å²) in [4.78, 5) is 36.0. The predicted molar refractivity (Wildman–Crippen MR) is 95.9 cm³/mol. The molecule has 7 nitrogen and oxygen atoms in total. The van der Waals surface area contributed by atoms with Gasteiger partial charge in [-0.1, -0.05) is 23.7 Å². The zero-order valence-corrected chi connectivity index (χ0v) is 14.5. The summed E-state index contributed by atoms with van der Waals surface area (Å²) in [5, 5.41) is 3.20. The Hall–Kier alpha value is -2.67. The monoisotopic (exact) mass is 359 g/mol. The number of hydrogen-bond acceptors (Lipinski definition) is 5. The highest BCUT2D eigenvalue weighted by atomic mass is 35.5. The lowest BCUT2D eigenvalue weighted by Crippen LogP contribution is -2.48. The molecule has 1 fully saturated rings. The van der Waals surface area contributed by atoms with Gasteiger partial charge in [-0.3, -0.25) is 9.59 Å². The lowest BCUT2D eigenvalue weighted by Gasteiger charge is -2.34. The van der Waals surface area contributed by atoms with Crippen LogP contribution < -0.4 is 10.2 Å². The zero-order chi connectivity index (χ0) is 17.8. The largest absolute Gasteiger partial charge is 0.339 e. The van der Waals surface area contributed by atoms with Gasteiger partial charge in [-0.15, -0.1) is 0 Å². The first-order chi connectivity index (χ1) is 12.0. The highest BCUT2D eigenvalue weighted by molar-refractivity contribution is 6.33. The van der Waals surface area contributed by atoms with Crippen molar-refractivity contribution in [2.75, 3.05) is 36.4 Å². The van der Waals surface area contributed by atoms with Crippen LogP contribution in [0.25, 0.3) is 0 Å². The van der Waals surface area contributed by atoms with Crippen LogP contribution in [0, 0.1) is 0 Å². The van der Waals surface area contributed by atoms with Crippen molar-refractivity contribution in [2.45, 2.75) is 6.92 Å². The maximum atomic E-state index is 12.3. The van der Waals surface area contributed by atoms with Crippen molar-refractivity contribution in [3.8, 4) is 0 Å². The van der Waals surface area contributed by atoms with Gasteiger partial charge in [0.15, 0.2) is 0 Å². The summed E-state index contributed by atoms with van der Waals surface area (Å²) in [6.45, 7) is 4.20. The smallest absolute Gasteiger partial charge is 0.258 e. The van der Waals surface area contributed by atoms with Gasteiger partial charge in [-0.25, -0.2) is 9.97 Å². The van der Waals surface area contributed by atoms with Crippen LogP contribution >= 0.6 is 11.6 Å². The minimum absolute atomic E-state index is 0.0761. The summed E-state index contributed by atoms with van der Waals surface area (Å²) in [5.74, 6) is 0.311. The minimum atomic E-state index is -0.318. The van der Waals surface area contributed by atoms with E-state index in [0.29, 0.717) is 48.4 Å². The highest BCUT2D eigenvalue weighted by Gasteiger charge is 2.20. The molecule has 1 saturated heterocycles. The van der Waals surface area contributed by atoms with E-state index in [1.54, 1.807) is 36.1 Å². The van der Waals surface area contributed by atoms with E-state index >= 15 is 0 Å². The molecular formula is C17H18ClN5O2. The molecule has 0 atom stereocenters. The van der Waals surface area contributed by atoms with Crippen LogP contribution in [0.3, 0.4) is 0 Å². The molecule has 1 aromatic carbocycles. The van der Waals surface area contributed by atoms with E-state index in [0.717, 1.165) is 0 Å². The number of piperazine rings is 1. The zero-order valence-electron chi connectivity index (χ0n) is 13.8. The number of anilines is 2. The summed E-state index contributed by atoms with van der Waals surface area (Å²) < 4.78 is 0. The van der Waals surface area contributed by atoms with Crippen molar-refractivity contribution in [2.24, 2.45) is 0 Å². The molecule has 3 rings (SSSR count). The highest BCUT2D eigenvalue weighted by Crippen LogP contribution is 2.21. The average molecular weight is 360 g/mol. The van der Waals surface area contributed by atoms with Crippen LogP contribution in [0.15, 0.2) is 36.7 Å². The number of aromatic nitrogens is 2. The number of carbonyl (C=O) groups excluding carboxylic acids is 2. The molecule has 130 valence electrons. The first-order valence-electron chi connectivity index (χ1n) is 7.93. The molecule has 0 bridgehead atoms. The fourth-order valence-electron chi connectivity index (χ4n) is 2.58. The van der Waals surface area contributed by atoms with Gasteiger partial charge in [0, 0.05) is 45.5 Å². The molecule has 0 radical (unpaired) electrons. The van der Waals surface area contributed by atoms with E-state index in [1.165, 1.54) is 12.4 Å². The Labute approximate surface area is 150 Å². The second-order valence-electron chi connectivity index (χ2n) is 5.70. The van der Waals surface area contributed by atoms with E-state index in [9.17, 15) is 9.59 Å². The van der Waals surface area contributed by atoms with Gasteiger partial charge in [0.05, 0.1) is 16.3 Å². The van der Waals surface area contributed by atoms with Crippen molar-refractivity contribution in [3.05, 3.63) is 47.2 Å². The van der Waals surface area contributed by atoms with E-state index in [-0.39, 0.29) is 11.8 Å². The third-order valence-electron chi connectivity index (χ3n) is 4.03. The topological polar surface area (TPSA) is 78.4 Å². The molecular weight excluding hydrogens is 342 g/mol. The number of nitrogens with one attached hydrogen (secondary N) is 1. The number of nitrogens with zero attached hydrogens (tertiary/aromatic N) is 4. The number of rotatable bonds is 3. The lowest BCUT2D eigenvalue weighted by atomic mass is 10.2. The normalized spacial score (nSPS) is 14.3. The maximum absolute atomic E-state index is 12.3. The van der Waals surface area contributed by atoms with Gasteiger partial charge >= 0.3 is 0 Å². The molecule has 0 spiro atoms. The summed E-state index contributed by atoms with van der Waals surface area (Å²) >= 11 is 6.04. The molecule has 8 heteroatoms. The van der Waals surface area contributed by atoms with Crippen molar-refractivity contribution in [1.82, 2.24) is 14.9 Å². The quantitative estimate of drug-likeness (QED) is 0.907. The predicted octanol–water partition coefficient (Wildman–Crippen LogP) is 2.05. The standard InChI is InChI=1S/C17H18ClN5O2/c1-12(24)22-6-8-23(9-7-22)17-19-10-13(11-20-17)16(25)21-15-5-3-2-4-14(15)18/h2-5,10-11H,6-9H2,1H3,(H,21,25). The Morgan fingerprint density at radius 1 is 1.08 bits per heavy atom. The molecule has 0 saturated carbocycles. The Balaban J connectivity index is 1.63. The summed E-state index contributed by atoms with van der Waals surface area (Å²) in [7, 11) is 0. The molecule has 1 N–H and O–H groups in total. The van der Waals surface area contributed by atoms with Gasteiger partial charge in [0.25, 0.3) is 5.91 Å². The fraction of sp³-hybridized carbons (Fsp3) is 0.294. The number of hydrogen-bond donors (Lipinski definition) is 1. The van der Waals surface area contributed by atoms with Crippen LogP contribution in [-0.2, 0) is 4.79 Å². The third kappa shape index (κ3) is 4.06. The molecule has 2 amide bonds. The van der Waals surface area contributed by atoms with Crippen LogP contribution in [0.5, 0.6) is 0 Å². The van der Waals surface area contributed by atoms with Gasteiger partial charge in [0.1, 0.15) is 0 Å². The summed E-state index contributed by atoms with van der Waals surface area (Å²) in [6, 6.07) is 7.02. The second-order valence-corrected chi connectivity index (χ2v) is 6.11. The van der Waals surface area contributed by atoms with Crippen LogP contribution in [0.2, 0.25) is 5.02 Å². The molecule has 2 heterocycles. The van der Waals surface area contributed by atoms with E-state index in [2.05, 4.69) is 15.3 Å². The van der Waals surface area contributed by atoms with E-state index in [1.807, 2.05) is 4.90 Å². The Bertz CT molecular complexity index is 773. The molecule has 0 aliphatic carbocycles. The molecule has 1 aromatic heterocycles. The molecule has 25 heavy (non-hydrogen) atoms. The number of amides is 2. The van der Waals surface area contributed by atoms with Crippen LogP contribution in [-0.4, -0.2) is 52.9 Å². The van der Waals surface area contributed by atoms with Crippen molar-refractivity contribution in [1.29, 1.82) is 0 Å². The first-order valence-corrected chi connectivity index (χ1v) is 8.31. The van der Waals surface area contributed by atoms with E-state index < -0.39 is 0 Å². The summed E-state index contributed by atoms with van der Waals surface area (Å²) in [6.07, 6.45) is 2.98. The summed E-state index contributed by atoms with van der Waals surface area (Å²) in [5.41, 5.74) is 0.893. The van der Waals surface area contributed by atoms with Crippen LogP contribution in [0.1, 0.15) is 17.3 Å². The average Bonchev–Trinajstić information content (AvgIpc) is 2.64. The molecule has 1 aliphatic heterocycles. The molecule has 2 aromatic rings.